The number of carbonyl (C=O) groups is 2. The van der Waals surface area contributed by atoms with Gasteiger partial charge in [0.1, 0.15) is 11.0 Å². The van der Waals surface area contributed by atoms with Gasteiger partial charge in [-0.3, -0.25) is 14.9 Å². The maximum absolute atomic E-state index is 13.4. The summed E-state index contributed by atoms with van der Waals surface area (Å²) in [5.74, 6) is 0.613. The molecule has 1 aliphatic rings. The van der Waals surface area contributed by atoms with Crippen molar-refractivity contribution >= 4 is 39.1 Å². The molecule has 0 aliphatic carbocycles. The fourth-order valence-corrected chi connectivity index (χ4v) is 4.99. The normalized spacial score (nSPS) is 12.7. The van der Waals surface area contributed by atoms with Crippen LogP contribution in [0.1, 0.15) is 15.9 Å². The molecule has 2 N–H and O–H groups in total. The first kappa shape index (κ1) is 23.6. The summed E-state index contributed by atoms with van der Waals surface area (Å²) < 4.78 is 10.8. The summed E-state index contributed by atoms with van der Waals surface area (Å²) in [5.41, 5.74) is 2.21. The van der Waals surface area contributed by atoms with Gasteiger partial charge in [-0.15, -0.1) is 10.2 Å². The van der Waals surface area contributed by atoms with Crippen LogP contribution in [-0.4, -0.2) is 34.8 Å². The van der Waals surface area contributed by atoms with Gasteiger partial charge in [0, 0.05) is 17.5 Å². The number of ether oxygens (including phenoxy) is 2. The van der Waals surface area contributed by atoms with Crippen molar-refractivity contribution in [3.05, 3.63) is 102 Å². The number of carbonyl (C=O) groups excluding carboxylic acids is 2. The molecule has 0 spiro atoms. The van der Waals surface area contributed by atoms with E-state index in [1.54, 1.807) is 6.07 Å². The van der Waals surface area contributed by atoms with E-state index < -0.39 is 6.04 Å². The van der Waals surface area contributed by atoms with Gasteiger partial charge in [0.25, 0.3) is 5.91 Å². The molecule has 188 valence electrons. The van der Waals surface area contributed by atoms with Gasteiger partial charge in [0.05, 0.1) is 0 Å². The van der Waals surface area contributed by atoms with Crippen LogP contribution in [0.25, 0.3) is 21.3 Å². The Bertz CT molecular complexity index is 1640. The highest BCUT2D eigenvalue weighted by Gasteiger charge is 2.24. The Morgan fingerprint density at radius 1 is 0.842 bits per heavy atom. The maximum atomic E-state index is 13.4. The van der Waals surface area contributed by atoms with Gasteiger partial charge in [-0.2, -0.15) is 0 Å². The Balaban J connectivity index is 1.21. The number of aromatic nitrogens is 2. The van der Waals surface area contributed by atoms with Crippen LogP contribution in [0.15, 0.2) is 91.0 Å². The highest BCUT2D eigenvalue weighted by Crippen LogP contribution is 2.37. The lowest BCUT2D eigenvalue weighted by Gasteiger charge is -2.18. The first-order valence-corrected chi connectivity index (χ1v) is 12.8. The number of amides is 2. The molecule has 0 radical (unpaired) electrons. The second kappa shape index (κ2) is 10.3. The molecule has 1 aromatic heterocycles. The molecule has 0 saturated heterocycles. The van der Waals surface area contributed by atoms with E-state index in [0.29, 0.717) is 33.6 Å². The smallest absolute Gasteiger partial charge is 0.251 e. The van der Waals surface area contributed by atoms with Gasteiger partial charge in [0.2, 0.25) is 17.8 Å². The van der Waals surface area contributed by atoms with Gasteiger partial charge < -0.3 is 14.8 Å². The molecule has 0 fully saturated rings. The summed E-state index contributed by atoms with van der Waals surface area (Å²) >= 11 is 1.24. The average Bonchev–Trinajstić information content (AvgIpc) is 3.62. The predicted octanol–water partition coefficient (Wildman–Crippen LogP) is 5.07. The van der Waals surface area contributed by atoms with Gasteiger partial charge in [-0.05, 0) is 46.7 Å². The van der Waals surface area contributed by atoms with E-state index in [1.807, 2.05) is 84.9 Å². The molecule has 1 atom stereocenters. The van der Waals surface area contributed by atoms with E-state index in [9.17, 15) is 9.59 Å². The van der Waals surface area contributed by atoms with Gasteiger partial charge >= 0.3 is 0 Å². The van der Waals surface area contributed by atoms with Crippen LogP contribution >= 0.6 is 11.3 Å². The van der Waals surface area contributed by atoms with Crippen molar-refractivity contribution in [1.82, 2.24) is 15.5 Å². The number of fused-ring (bicyclic) bond motifs is 2. The van der Waals surface area contributed by atoms with Crippen LogP contribution in [0.2, 0.25) is 0 Å². The number of hydrogen-bond donors (Lipinski definition) is 2. The van der Waals surface area contributed by atoms with Gasteiger partial charge in [-0.1, -0.05) is 72.0 Å². The molecule has 0 bridgehead atoms. The minimum absolute atomic E-state index is 0.184. The lowest BCUT2D eigenvalue weighted by atomic mass is 10.0. The lowest BCUT2D eigenvalue weighted by Crippen LogP contribution is -2.45. The Morgan fingerprint density at radius 3 is 2.50 bits per heavy atom. The quantitative estimate of drug-likeness (QED) is 0.310. The summed E-state index contributed by atoms with van der Waals surface area (Å²) in [5, 5.41) is 17.0. The monoisotopic (exact) mass is 522 g/mol. The Kier molecular flexibility index (Phi) is 6.41. The van der Waals surface area contributed by atoms with Crippen LogP contribution in [0.5, 0.6) is 11.5 Å². The number of benzene rings is 4. The third-order valence-electron chi connectivity index (χ3n) is 6.19. The van der Waals surface area contributed by atoms with Crippen LogP contribution < -0.4 is 20.1 Å². The summed E-state index contributed by atoms with van der Waals surface area (Å²) in [6, 6.07) is 27.5. The zero-order valence-corrected chi connectivity index (χ0v) is 20.9. The van der Waals surface area contributed by atoms with E-state index in [2.05, 4.69) is 20.8 Å². The van der Waals surface area contributed by atoms with E-state index in [1.165, 1.54) is 11.3 Å². The third-order valence-corrected chi connectivity index (χ3v) is 7.08. The number of nitrogens with one attached hydrogen (secondary N) is 2. The van der Waals surface area contributed by atoms with Gasteiger partial charge in [0.15, 0.2) is 11.5 Å². The molecule has 2 heterocycles. The standard InChI is InChI=1S/C29H22N4O4S/c34-26(21-11-10-19-8-4-5-9-20(19)15-21)30-23(14-18-6-2-1-3-7-18)27(35)31-29-33-32-28(38-29)22-12-13-24-25(16-22)37-17-36-24/h1-13,15-16,23H,14,17H2,(H,30,34)(H,31,33,35)/t23-/m1/s1. The second-order valence-electron chi connectivity index (χ2n) is 8.75. The van der Waals surface area contributed by atoms with Crippen molar-refractivity contribution in [2.75, 3.05) is 12.1 Å². The summed E-state index contributed by atoms with van der Waals surface area (Å²) in [6.07, 6.45) is 0.319. The van der Waals surface area contributed by atoms with Crippen molar-refractivity contribution in [2.45, 2.75) is 12.5 Å². The van der Waals surface area contributed by atoms with Gasteiger partial charge in [-0.25, -0.2) is 0 Å². The molecule has 0 unspecified atom stereocenters. The fraction of sp³-hybridized carbons (Fsp3) is 0.103. The van der Waals surface area contributed by atoms with Crippen LogP contribution in [0.3, 0.4) is 0 Å². The molecule has 6 rings (SSSR count). The molecule has 5 aromatic rings. The predicted molar refractivity (Wildman–Crippen MR) is 145 cm³/mol. The molecule has 38 heavy (non-hydrogen) atoms. The Labute approximate surface area is 222 Å². The molecule has 2 amide bonds. The minimum Gasteiger partial charge on any atom is -0.454 e. The van der Waals surface area contributed by atoms with Crippen molar-refractivity contribution in [3.8, 4) is 22.1 Å². The van der Waals surface area contributed by atoms with E-state index in [-0.39, 0.29) is 18.6 Å². The third kappa shape index (κ3) is 5.05. The average molecular weight is 523 g/mol. The molecule has 8 nitrogen and oxygen atoms in total. The Morgan fingerprint density at radius 2 is 1.63 bits per heavy atom. The largest absolute Gasteiger partial charge is 0.454 e. The van der Waals surface area contributed by atoms with Crippen molar-refractivity contribution in [2.24, 2.45) is 0 Å². The zero-order valence-electron chi connectivity index (χ0n) is 20.1. The van der Waals surface area contributed by atoms with Crippen LogP contribution in [0, 0.1) is 0 Å². The molecule has 9 heteroatoms. The zero-order chi connectivity index (χ0) is 25.9. The van der Waals surface area contributed by atoms with E-state index in [4.69, 9.17) is 9.47 Å². The number of hydrogen-bond acceptors (Lipinski definition) is 7. The fourth-order valence-electron chi connectivity index (χ4n) is 4.24. The number of anilines is 1. The van der Waals surface area contributed by atoms with Crippen molar-refractivity contribution in [3.63, 3.8) is 0 Å². The lowest BCUT2D eigenvalue weighted by molar-refractivity contribution is -0.118. The van der Waals surface area contributed by atoms with Crippen molar-refractivity contribution in [1.29, 1.82) is 0 Å². The first-order chi connectivity index (χ1) is 18.6. The van der Waals surface area contributed by atoms with Crippen molar-refractivity contribution < 1.29 is 19.1 Å². The highest BCUT2D eigenvalue weighted by molar-refractivity contribution is 7.18. The molecule has 1 aliphatic heterocycles. The summed E-state index contributed by atoms with van der Waals surface area (Å²) in [7, 11) is 0. The number of nitrogens with zero attached hydrogens (tertiary/aromatic N) is 2. The Hall–Kier alpha value is -4.76. The minimum atomic E-state index is -0.825. The molecular formula is C29H22N4O4S. The summed E-state index contributed by atoms with van der Waals surface area (Å²) in [6.45, 7) is 0.184. The topological polar surface area (TPSA) is 102 Å². The molecule has 0 saturated carbocycles. The molecular weight excluding hydrogens is 500 g/mol. The highest BCUT2D eigenvalue weighted by atomic mass is 32.1. The molecule has 4 aromatic carbocycles. The van der Waals surface area contributed by atoms with E-state index in [0.717, 1.165) is 21.9 Å². The van der Waals surface area contributed by atoms with Crippen LogP contribution in [-0.2, 0) is 11.2 Å². The summed E-state index contributed by atoms with van der Waals surface area (Å²) in [4.78, 5) is 26.6. The number of rotatable bonds is 7. The van der Waals surface area contributed by atoms with E-state index >= 15 is 0 Å². The first-order valence-electron chi connectivity index (χ1n) is 12.0. The maximum Gasteiger partial charge on any atom is 0.251 e. The SMILES string of the molecule is O=C(N[C@H](Cc1ccccc1)C(=O)Nc1nnc(-c2ccc3c(c2)OCO3)s1)c1ccc2ccccc2c1. The van der Waals surface area contributed by atoms with Crippen LogP contribution in [0.4, 0.5) is 5.13 Å². The second-order valence-corrected chi connectivity index (χ2v) is 9.72.